The van der Waals surface area contributed by atoms with E-state index in [1.54, 1.807) is 0 Å². The minimum Gasteiger partial charge on any atom is -0.373 e. The summed E-state index contributed by atoms with van der Waals surface area (Å²) in [6.45, 7) is 3.03. The van der Waals surface area contributed by atoms with Crippen LogP contribution >= 0.6 is 0 Å². The van der Waals surface area contributed by atoms with Crippen molar-refractivity contribution < 1.29 is 14.3 Å². The number of rotatable bonds is 5. The molecule has 0 bridgehead atoms. The lowest BCUT2D eigenvalue weighted by atomic mass is 10.3. The second kappa shape index (κ2) is 7.23. The Hall–Kier alpha value is -1.09. The molecule has 0 aliphatic carbocycles. The summed E-state index contributed by atoms with van der Waals surface area (Å²) in [5.74, 6) is 2.12. The van der Waals surface area contributed by atoms with Gasteiger partial charge in [-0.25, -0.2) is 0 Å². The van der Waals surface area contributed by atoms with Crippen LogP contribution in [0, 0.1) is 12.3 Å². The third-order valence-electron chi connectivity index (χ3n) is 1.93. The standard InChI is InChI=1S/C10H16N2O3/c1-2-3-12-10(13)8-14-7-9-6-11-4-5-15-9/h1,9,11H,3-8H2,(H,12,13). The molecule has 15 heavy (non-hydrogen) atoms. The molecule has 0 spiro atoms. The molecule has 84 valence electrons. The topological polar surface area (TPSA) is 59.6 Å². The van der Waals surface area contributed by atoms with E-state index in [9.17, 15) is 4.79 Å². The Kier molecular flexibility index (Phi) is 5.78. The largest absolute Gasteiger partial charge is 0.373 e. The van der Waals surface area contributed by atoms with Crippen LogP contribution in [-0.2, 0) is 14.3 Å². The maximum absolute atomic E-state index is 11.1. The average molecular weight is 212 g/mol. The number of amides is 1. The predicted molar refractivity (Wildman–Crippen MR) is 55.3 cm³/mol. The highest BCUT2D eigenvalue weighted by molar-refractivity contribution is 5.77. The third kappa shape index (κ3) is 5.37. The molecule has 1 aliphatic heterocycles. The first-order chi connectivity index (χ1) is 7.33. The molecule has 0 aromatic carbocycles. The van der Waals surface area contributed by atoms with Crippen molar-refractivity contribution in [2.45, 2.75) is 6.10 Å². The molecule has 1 rings (SSSR count). The third-order valence-corrected chi connectivity index (χ3v) is 1.93. The minimum atomic E-state index is -0.197. The van der Waals surface area contributed by atoms with Crippen molar-refractivity contribution in [2.75, 3.05) is 39.5 Å². The van der Waals surface area contributed by atoms with Gasteiger partial charge >= 0.3 is 0 Å². The van der Waals surface area contributed by atoms with Crippen molar-refractivity contribution in [3.63, 3.8) is 0 Å². The highest BCUT2D eigenvalue weighted by Crippen LogP contribution is 1.96. The van der Waals surface area contributed by atoms with E-state index in [-0.39, 0.29) is 25.2 Å². The van der Waals surface area contributed by atoms with Crippen molar-refractivity contribution in [2.24, 2.45) is 0 Å². The number of carbonyl (C=O) groups is 1. The van der Waals surface area contributed by atoms with Gasteiger partial charge in [0.25, 0.3) is 0 Å². The zero-order valence-corrected chi connectivity index (χ0v) is 8.62. The number of morpholine rings is 1. The molecule has 1 fully saturated rings. The SMILES string of the molecule is C#CCNC(=O)COCC1CNCCO1. The van der Waals surface area contributed by atoms with Crippen LogP contribution in [-0.4, -0.2) is 51.5 Å². The van der Waals surface area contributed by atoms with E-state index in [1.807, 2.05) is 0 Å². The molecule has 1 heterocycles. The van der Waals surface area contributed by atoms with Crippen LogP contribution in [0.5, 0.6) is 0 Å². The monoisotopic (exact) mass is 212 g/mol. The summed E-state index contributed by atoms with van der Waals surface area (Å²) in [5, 5.41) is 5.69. The first kappa shape index (κ1) is 12.0. The van der Waals surface area contributed by atoms with E-state index in [0.717, 1.165) is 13.1 Å². The fourth-order valence-electron chi connectivity index (χ4n) is 1.21. The van der Waals surface area contributed by atoms with Crippen LogP contribution in [0.1, 0.15) is 0 Å². The van der Waals surface area contributed by atoms with E-state index in [4.69, 9.17) is 15.9 Å². The smallest absolute Gasteiger partial charge is 0.246 e. The molecular formula is C10H16N2O3. The second-order valence-electron chi connectivity index (χ2n) is 3.19. The molecule has 1 atom stereocenters. The van der Waals surface area contributed by atoms with E-state index in [0.29, 0.717) is 13.2 Å². The van der Waals surface area contributed by atoms with Crippen LogP contribution in [0.25, 0.3) is 0 Å². The lowest BCUT2D eigenvalue weighted by Gasteiger charge is -2.23. The van der Waals surface area contributed by atoms with Gasteiger partial charge in [-0.2, -0.15) is 0 Å². The van der Waals surface area contributed by atoms with Gasteiger partial charge in [-0.3, -0.25) is 4.79 Å². The Morgan fingerprint density at radius 1 is 1.73 bits per heavy atom. The van der Waals surface area contributed by atoms with Gasteiger partial charge in [-0.1, -0.05) is 5.92 Å². The highest BCUT2D eigenvalue weighted by atomic mass is 16.5. The molecule has 0 radical (unpaired) electrons. The van der Waals surface area contributed by atoms with Gasteiger partial charge in [-0.15, -0.1) is 6.42 Å². The molecular weight excluding hydrogens is 196 g/mol. The maximum atomic E-state index is 11.1. The van der Waals surface area contributed by atoms with Gasteiger partial charge in [-0.05, 0) is 0 Å². The molecule has 0 aromatic heterocycles. The fourth-order valence-corrected chi connectivity index (χ4v) is 1.21. The maximum Gasteiger partial charge on any atom is 0.246 e. The molecule has 5 nitrogen and oxygen atoms in total. The number of terminal acetylenes is 1. The molecule has 5 heteroatoms. The Morgan fingerprint density at radius 3 is 3.27 bits per heavy atom. The van der Waals surface area contributed by atoms with Crippen LogP contribution < -0.4 is 10.6 Å². The van der Waals surface area contributed by atoms with Gasteiger partial charge in [0.1, 0.15) is 6.61 Å². The normalized spacial score (nSPS) is 20.6. The van der Waals surface area contributed by atoms with Gasteiger partial charge in [0.2, 0.25) is 5.91 Å². The van der Waals surface area contributed by atoms with Crippen molar-refractivity contribution in [3.8, 4) is 12.3 Å². The van der Waals surface area contributed by atoms with Crippen molar-refractivity contribution >= 4 is 5.91 Å². The van der Waals surface area contributed by atoms with Crippen LogP contribution in [0.15, 0.2) is 0 Å². The zero-order valence-electron chi connectivity index (χ0n) is 8.62. The predicted octanol–water partition coefficient (Wildman–Crippen LogP) is -1.26. The number of hydrogen-bond acceptors (Lipinski definition) is 4. The Bertz CT molecular complexity index is 231. The van der Waals surface area contributed by atoms with Gasteiger partial charge in [0.05, 0.1) is 25.9 Å². The van der Waals surface area contributed by atoms with E-state index in [2.05, 4.69) is 16.6 Å². The number of hydrogen-bond donors (Lipinski definition) is 2. The Labute approximate surface area is 89.5 Å². The molecule has 0 saturated carbocycles. The van der Waals surface area contributed by atoms with Crippen molar-refractivity contribution in [1.29, 1.82) is 0 Å². The molecule has 0 aromatic rings. The van der Waals surface area contributed by atoms with E-state index >= 15 is 0 Å². The van der Waals surface area contributed by atoms with Gasteiger partial charge < -0.3 is 20.1 Å². The first-order valence-electron chi connectivity index (χ1n) is 4.93. The van der Waals surface area contributed by atoms with Gasteiger partial charge in [0, 0.05) is 13.1 Å². The molecule has 1 saturated heterocycles. The first-order valence-corrected chi connectivity index (χ1v) is 4.93. The fraction of sp³-hybridized carbons (Fsp3) is 0.700. The second-order valence-corrected chi connectivity index (χ2v) is 3.19. The van der Waals surface area contributed by atoms with E-state index < -0.39 is 0 Å². The summed E-state index contributed by atoms with van der Waals surface area (Å²) in [5.41, 5.74) is 0. The average Bonchev–Trinajstić information content (AvgIpc) is 2.28. The molecule has 1 amide bonds. The Balaban J connectivity index is 2.00. The summed E-state index contributed by atoms with van der Waals surface area (Å²) in [6, 6.07) is 0. The lowest BCUT2D eigenvalue weighted by molar-refractivity contribution is -0.127. The van der Waals surface area contributed by atoms with Crippen LogP contribution in [0.4, 0.5) is 0 Å². The minimum absolute atomic E-state index is 0.0293. The zero-order chi connectivity index (χ0) is 10.9. The summed E-state index contributed by atoms with van der Waals surface area (Å²) in [4.78, 5) is 11.1. The number of carbonyl (C=O) groups excluding carboxylic acids is 1. The molecule has 1 unspecified atom stereocenters. The van der Waals surface area contributed by atoms with Crippen molar-refractivity contribution in [3.05, 3.63) is 0 Å². The van der Waals surface area contributed by atoms with E-state index in [1.165, 1.54) is 0 Å². The highest BCUT2D eigenvalue weighted by Gasteiger charge is 2.13. The number of nitrogens with one attached hydrogen (secondary N) is 2. The summed E-state index contributed by atoms with van der Waals surface area (Å²) in [6.07, 6.45) is 5.03. The summed E-state index contributed by atoms with van der Waals surface area (Å²) < 4.78 is 10.6. The van der Waals surface area contributed by atoms with Crippen LogP contribution in [0.2, 0.25) is 0 Å². The van der Waals surface area contributed by atoms with Crippen LogP contribution in [0.3, 0.4) is 0 Å². The summed E-state index contributed by atoms with van der Waals surface area (Å²) in [7, 11) is 0. The number of ether oxygens (including phenoxy) is 2. The summed E-state index contributed by atoms with van der Waals surface area (Å²) >= 11 is 0. The molecule has 2 N–H and O–H groups in total. The van der Waals surface area contributed by atoms with Crippen molar-refractivity contribution in [1.82, 2.24) is 10.6 Å². The molecule has 1 aliphatic rings. The van der Waals surface area contributed by atoms with Gasteiger partial charge in [0.15, 0.2) is 0 Å². The quantitative estimate of drug-likeness (QED) is 0.559. The Morgan fingerprint density at radius 2 is 2.60 bits per heavy atom. The lowest BCUT2D eigenvalue weighted by Crippen LogP contribution is -2.41.